The molecule has 27 heavy (non-hydrogen) atoms. The first-order valence-corrected chi connectivity index (χ1v) is 8.03. The highest BCUT2D eigenvalue weighted by molar-refractivity contribution is 7.71. The molecule has 0 aliphatic rings. The average molecular weight is 394 g/mol. The molecule has 0 atom stereocenters. The van der Waals surface area contributed by atoms with Crippen molar-refractivity contribution in [2.75, 3.05) is 0 Å². The topological polar surface area (TPSA) is 179 Å². The summed E-state index contributed by atoms with van der Waals surface area (Å²) in [6.07, 6.45) is -0.902. The van der Waals surface area contributed by atoms with Gasteiger partial charge in [0, 0.05) is 30.0 Å². The lowest BCUT2D eigenvalue weighted by Gasteiger charge is -2.11. The monoisotopic (exact) mass is 394 g/mol. The second kappa shape index (κ2) is 8.31. The van der Waals surface area contributed by atoms with E-state index in [1.807, 2.05) is 0 Å². The van der Waals surface area contributed by atoms with Crippen LogP contribution in [0.2, 0.25) is 0 Å². The number of nitrogens with one attached hydrogen (secondary N) is 2. The van der Waals surface area contributed by atoms with Gasteiger partial charge in [0.25, 0.3) is 11.2 Å². The molecule has 11 nitrogen and oxygen atoms in total. The summed E-state index contributed by atoms with van der Waals surface area (Å²) in [6, 6.07) is 2.51. The number of carboxylic acid groups (broad SMARTS) is 2. The van der Waals surface area contributed by atoms with E-state index in [9.17, 15) is 24.5 Å². The van der Waals surface area contributed by atoms with Gasteiger partial charge in [-0.25, -0.2) is 0 Å². The minimum absolute atomic E-state index is 0.0255. The zero-order valence-electron chi connectivity index (χ0n) is 13.7. The van der Waals surface area contributed by atoms with Crippen molar-refractivity contribution in [3.05, 3.63) is 48.5 Å². The highest BCUT2D eigenvalue weighted by atomic mass is 32.1. The molecule has 0 aliphatic heterocycles. The molecule has 12 heteroatoms. The van der Waals surface area contributed by atoms with Gasteiger partial charge in [0.15, 0.2) is 10.5 Å². The number of nitro groups is 1. The van der Waals surface area contributed by atoms with Gasteiger partial charge < -0.3 is 10.2 Å². The molecule has 2 rings (SSSR count). The fraction of sp³-hybridized carbons (Fsp3) is 0.267. The van der Waals surface area contributed by atoms with Crippen LogP contribution in [0.3, 0.4) is 0 Å². The minimum atomic E-state index is -1.15. The van der Waals surface area contributed by atoms with E-state index in [1.54, 1.807) is 0 Å². The summed E-state index contributed by atoms with van der Waals surface area (Å²) in [5.41, 5.74) is -0.755. The Hall–Kier alpha value is -3.41. The molecule has 0 unspecified atom stereocenters. The fourth-order valence-corrected chi connectivity index (χ4v) is 2.68. The number of aliphatic carboxylic acids is 2. The largest absolute Gasteiger partial charge is 0.481 e. The molecule has 4 N–H and O–H groups in total. The Morgan fingerprint density at radius 2 is 1.81 bits per heavy atom. The van der Waals surface area contributed by atoms with Crippen LogP contribution in [0, 0.1) is 14.9 Å². The number of nitro benzene ring substituents is 1. The number of nitrogens with zero attached hydrogens (tertiary/aromatic N) is 2. The summed E-state index contributed by atoms with van der Waals surface area (Å²) < 4.78 is -0.0255. The Morgan fingerprint density at radius 1 is 1.19 bits per heavy atom. The van der Waals surface area contributed by atoms with Crippen LogP contribution >= 0.6 is 12.2 Å². The number of carbonyl (C=O) groups is 2. The number of aromatic nitrogens is 3. The SMILES string of the molecule is O=C(O)CCc1cc(-c2n[nH]c(=S)[nH]c2=O)cc([N+](=O)[O-])c1CCC(=O)O. The third-order valence-electron chi connectivity index (χ3n) is 3.70. The maximum atomic E-state index is 12.1. The molecule has 0 radical (unpaired) electrons. The lowest BCUT2D eigenvalue weighted by molar-refractivity contribution is -0.385. The van der Waals surface area contributed by atoms with Gasteiger partial charge in [-0.05, 0) is 36.7 Å². The molecule has 1 heterocycles. The fourth-order valence-electron chi connectivity index (χ4n) is 2.54. The predicted molar refractivity (Wildman–Crippen MR) is 94.0 cm³/mol. The first-order valence-electron chi connectivity index (χ1n) is 7.62. The van der Waals surface area contributed by atoms with Crippen molar-refractivity contribution in [1.29, 1.82) is 0 Å². The number of aromatic amines is 2. The molecule has 1 aromatic heterocycles. The predicted octanol–water partition coefficient (Wildman–Crippen LogP) is 1.44. The van der Waals surface area contributed by atoms with Crippen molar-refractivity contribution in [2.24, 2.45) is 0 Å². The maximum absolute atomic E-state index is 12.1. The van der Waals surface area contributed by atoms with Gasteiger partial charge in [0.05, 0.1) is 4.92 Å². The Kier molecular flexibility index (Phi) is 6.13. The minimum Gasteiger partial charge on any atom is -0.481 e. The molecule has 0 saturated carbocycles. The number of hydrogen-bond acceptors (Lipinski definition) is 7. The van der Waals surface area contributed by atoms with Crippen molar-refractivity contribution in [3.8, 4) is 11.3 Å². The highest BCUT2D eigenvalue weighted by Crippen LogP contribution is 2.30. The molecule has 0 spiro atoms. The van der Waals surface area contributed by atoms with E-state index in [2.05, 4.69) is 15.2 Å². The number of benzene rings is 1. The van der Waals surface area contributed by atoms with Crippen molar-refractivity contribution < 1.29 is 24.7 Å². The smallest absolute Gasteiger partial charge is 0.303 e. The van der Waals surface area contributed by atoms with Crippen LogP contribution in [0.4, 0.5) is 5.69 Å². The van der Waals surface area contributed by atoms with Gasteiger partial charge in [0.2, 0.25) is 0 Å². The van der Waals surface area contributed by atoms with E-state index in [4.69, 9.17) is 22.4 Å². The van der Waals surface area contributed by atoms with Crippen LogP contribution in [-0.2, 0) is 22.4 Å². The molecule has 1 aromatic carbocycles. The number of carboxylic acids is 2. The molecule has 0 saturated heterocycles. The van der Waals surface area contributed by atoms with Gasteiger partial charge in [0.1, 0.15) is 0 Å². The summed E-state index contributed by atoms with van der Waals surface area (Å²) in [6.45, 7) is 0. The summed E-state index contributed by atoms with van der Waals surface area (Å²) >= 11 is 4.75. The molecular formula is C15H14N4O7S. The third kappa shape index (κ3) is 5.04. The van der Waals surface area contributed by atoms with Gasteiger partial charge in [-0.2, -0.15) is 5.10 Å². The highest BCUT2D eigenvalue weighted by Gasteiger charge is 2.22. The molecule has 0 aliphatic carbocycles. The number of H-pyrrole nitrogens is 2. The normalized spacial score (nSPS) is 10.5. The van der Waals surface area contributed by atoms with E-state index in [0.29, 0.717) is 0 Å². The first kappa shape index (κ1) is 19.9. The first-order chi connectivity index (χ1) is 12.7. The second-order valence-electron chi connectivity index (χ2n) is 5.53. The lowest BCUT2D eigenvalue weighted by Crippen LogP contribution is -2.14. The van der Waals surface area contributed by atoms with Crippen molar-refractivity contribution in [3.63, 3.8) is 0 Å². The van der Waals surface area contributed by atoms with Crippen molar-refractivity contribution >= 4 is 29.8 Å². The van der Waals surface area contributed by atoms with Crippen LogP contribution in [0.5, 0.6) is 0 Å². The average Bonchev–Trinajstić information content (AvgIpc) is 2.57. The zero-order chi connectivity index (χ0) is 20.1. The van der Waals surface area contributed by atoms with Crippen LogP contribution < -0.4 is 5.56 Å². The van der Waals surface area contributed by atoms with Crippen molar-refractivity contribution in [1.82, 2.24) is 15.2 Å². The molecule has 0 amide bonds. The number of aryl methyl sites for hydroxylation is 1. The molecule has 0 fully saturated rings. The Labute approximate surface area is 155 Å². The van der Waals surface area contributed by atoms with Gasteiger partial charge in [-0.1, -0.05) is 0 Å². The number of hydrogen-bond donors (Lipinski definition) is 4. The van der Waals surface area contributed by atoms with E-state index in [-0.39, 0.29) is 52.8 Å². The standard InChI is InChI=1S/C15H14N4O7S/c20-11(21)3-1-7-5-8(13-14(24)16-15(27)18-17-13)6-10(19(25)26)9(7)2-4-12(22)23/h5-6H,1-4H2,(H,20,21)(H,22,23)(H2,16,18,24,27). The van der Waals surface area contributed by atoms with Crippen LogP contribution in [-0.4, -0.2) is 42.3 Å². The van der Waals surface area contributed by atoms with E-state index in [1.165, 1.54) is 6.07 Å². The summed E-state index contributed by atoms with van der Waals surface area (Å²) in [5.74, 6) is -2.27. The third-order valence-corrected chi connectivity index (χ3v) is 3.89. The second-order valence-corrected chi connectivity index (χ2v) is 5.94. The summed E-state index contributed by atoms with van der Waals surface area (Å²) in [4.78, 5) is 46.9. The maximum Gasteiger partial charge on any atom is 0.303 e. The Morgan fingerprint density at radius 3 is 2.37 bits per heavy atom. The summed E-state index contributed by atoms with van der Waals surface area (Å²) in [7, 11) is 0. The molecule has 142 valence electrons. The van der Waals surface area contributed by atoms with Gasteiger partial charge in [-0.3, -0.25) is 34.6 Å². The van der Waals surface area contributed by atoms with Crippen molar-refractivity contribution in [2.45, 2.75) is 25.7 Å². The Balaban J connectivity index is 2.67. The lowest BCUT2D eigenvalue weighted by atomic mass is 9.94. The van der Waals surface area contributed by atoms with Gasteiger partial charge >= 0.3 is 11.9 Å². The quantitative estimate of drug-likeness (QED) is 0.293. The van der Waals surface area contributed by atoms with E-state index < -0.39 is 28.1 Å². The molecule has 2 aromatic rings. The van der Waals surface area contributed by atoms with Crippen LogP contribution in [0.15, 0.2) is 16.9 Å². The summed E-state index contributed by atoms with van der Waals surface area (Å²) in [5, 5.41) is 35.4. The van der Waals surface area contributed by atoms with Crippen LogP contribution in [0.25, 0.3) is 11.3 Å². The molecular weight excluding hydrogens is 380 g/mol. The zero-order valence-corrected chi connectivity index (χ0v) is 14.5. The van der Waals surface area contributed by atoms with E-state index in [0.717, 1.165) is 6.07 Å². The van der Waals surface area contributed by atoms with Crippen LogP contribution in [0.1, 0.15) is 24.0 Å². The van der Waals surface area contributed by atoms with E-state index >= 15 is 0 Å². The van der Waals surface area contributed by atoms with Gasteiger partial charge in [-0.15, -0.1) is 0 Å². The Bertz CT molecular complexity index is 1030. The number of rotatable bonds is 8. The molecule has 0 bridgehead atoms.